The van der Waals surface area contributed by atoms with Crippen molar-refractivity contribution in [2.45, 2.75) is 32.4 Å². The van der Waals surface area contributed by atoms with Crippen LogP contribution in [0.3, 0.4) is 0 Å². The fourth-order valence-corrected chi connectivity index (χ4v) is 2.89. The third-order valence-corrected chi connectivity index (χ3v) is 4.33. The molecule has 0 saturated carbocycles. The Morgan fingerprint density at radius 3 is 2.12 bits per heavy atom. The first-order valence-corrected chi connectivity index (χ1v) is 8.03. The van der Waals surface area contributed by atoms with E-state index in [-0.39, 0.29) is 0 Å². The molecule has 1 aliphatic heterocycles. The van der Waals surface area contributed by atoms with Gasteiger partial charge in [0, 0.05) is 6.20 Å². The van der Waals surface area contributed by atoms with Crippen LogP contribution in [0.5, 0.6) is 0 Å². The van der Waals surface area contributed by atoms with Crippen molar-refractivity contribution in [2.75, 3.05) is 0 Å². The minimum absolute atomic E-state index is 0.330. The molecule has 1 aliphatic rings. The second-order valence-corrected chi connectivity index (χ2v) is 6.53. The van der Waals surface area contributed by atoms with Gasteiger partial charge in [-0.05, 0) is 45.0 Å². The Kier molecular flexibility index (Phi) is 4.12. The van der Waals surface area contributed by atoms with Crippen LogP contribution in [0.25, 0.3) is 0 Å². The third-order valence-electron chi connectivity index (χ3n) is 4.33. The maximum Gasteiger partial charge on any atom is 0.262 e. The van der Waals surface area contributed by atoms with Crippen LogP contribution >= 0.6 is 0 Å². The highest BCUT2D eigenvalue weighted by atomic mass is 16.2. The molecule has 6 nitrogen and oxygen atoms in total. The van der Waals surface area contributed by atoms with Gasteiger partial charge in [0.1, 0.15) is 6.04 Å². The van der Waals surface area contributed by atoms with Crippen molar-refractivity contribution >= 4 is 17.7 Å². The molecule has 0 aliphatic carbocycles. The molecule has 6 heteroatoms. The van der Waals surface area contributed by atoms with Gasteiger partial charge in [0.2, 0.25) is 5.91 Å². The normalized spacial score (nSPS) is 15.1. The Labute approximate surface area is 145 Å². The minimum atomic E-state index is -0.921. The van der Waals surface area contributed by atoms with Gasteiger partial charge in [0.05, 0.1) is 22.4 Å². The number of rotatable bonds is 4. The van der Waals surface area contributed by atoms with Crippen LogP contribution in [-0.2, 0) is 10.3 Å². The molecule has 0 saturated heterocycles. The Morgan fingerprint density at radius 1 is 1.04 bits per heavy atom. The third kappa shape index (κ3) is 2.91. The molecule has 2 aromatic rings. The lowest BCUT2D eigenvalue weighted by atomic mass is 9.99. The number of carbonyl (C=O) groups is 3. The maximum absolute atomic E-state index is 12.7. The lowest BCUT2D eigenvalue weighted by Gasteiger charge is -2.29. The number of nitrogens with zero attached hydrogens (tertiary/aromatic N) is 2. The van der Waals surface area contributed by atoms with Crippen LogP contribution in [0.15, 0.2) is 48.7 Å². The quantitative estimate of drug-likeness (QED) is 0.867. The van der Waals surface area contributed by atoms with E-state index in [9.17, 15) is 14.4 Å². The van der Waals surface area contributed by atoms with E-state index in [4.69, 9.17) is 0 Å². The predicted octanol–water partition coefficient (Wildman–Crippen LogP) is 2.12. The van der Waals surface area contributed by atoms with Crippen LogP contribution in [0.1, 0.15) is 47.2 Å². The summed E-state index contributed by atoms with van der Waals surface area (Å²) in [5, 5.41) is 2.87. The van der Waals surface area contributed by atoms with Crippen LogP contribution in [-0.4, -0.2) is 33.6 Å². The van der Waals surface area contributed by atoms with Crippen LogP contribution in [0, 0.1) is 0 Å². The smallest absolute Gasteiger partial charge is 0.262 e. The zero-order valence-electron chi connectivity index (χ0n) is 14.3. The zero-order valence-corrected chi connectivity index (χ0v) is 14.3. The van der Waals surface area contributed by atoms with E-state index < -0.39 is 29.3 Å². The number of hydrogen-bond donors (Lipinski definition) is 1. The van der Waals surface area contributed by atoms with Gasteiger partial charge in [0.15, 0.2) is 0 Å². The Morgan fingerprint density at radius 2 is 1.60 bits per heavy atom. The summed E-state index contributed by atoms with van der Waals surface area (Å²) in [4.78, 5) is 42.9. The van der Waals surface area contributed by atoms with Gasteiger partial charge in [-0.1, -0.05) is 18.2 Å². The first kappa shape index (κ1) is 16.8. The molecule has 1 N–H and O–H groups in total. The highest BCUT2D eigenvalue weighted by molar-refractivity contribution is 6.22. The molecule has 25 heavy (non-hydrogen) atoms. The lowest BCUT2D eigenvalue weighted by Crippen LogP contribution is -2.52. The number of fused-ring (bicyclic) bond motifs is 1. The van der Waals surface area contributed by atoms with Gasteiger partial charge in [-0.25, -0.2) is 0 Å². The highest BCUT2D eigenvalue weighted by Crippen LogP contribution is 2.25. The van der Waals surface area contributed by atoms with Crippen LogP contribution in [0.2, 0.25) is 0 Å². The predicted molar refractivity (Wildman–Crippen MR) is 91.8 cm³/mol. The van der Waals surface area contributed by atoms with E-state index in [0.29, 0.717) is 16.8 Å². The molecule has 0 radical (unpaired) electrons. The van der Waals surface area contributed by atoms with Crippen molar-refractivity contribution in [3.05, 3.63) is 65.5 Å². The lowest BCUT2D eigenvalue weighted by molar-refractivity contribution is -0.126. The molecule has 0 spiro atoms. The van der Waals surface area contributed by atoms with Gasteiger partial charge in [0.25, 0.3) is 11.8 Å². The zero-order chi connectivity index (χ0) is 18.2. The van der Waals surface area contributed by atoms with Crippen molar-refractivity contribution < 1.29 is 14.4 Å². The van der Waals surface area contributed by atoms with Crippen LogP contribution in [0.4, 0.5) is 0 Å². The number of hydrogen-bond acceptors (Lipinski definition) is 4. The molecule has 3 amide bonds. The van der Waals surface area contributed by atoms with Crippen LogP contribution < -0.4 is 5.32 Å². The first-order chi connectivity index (χ1) is 11.8. The largest absolute Gasteiger partial charge is 0.344 e. The molecule has 1 atom stereocenters. The molecule has 3 rings (SSSR count). The van der Waals surface area contributed by atoms with E-state index in [1.165, 1.54) is 0 Å². The van der Waals surface area contributed by atoms with E-state index in [0.717, 1.165) is 4.90 Å². The van der Waals surface area contributed by atoms with Crippen molar-refractivity contribution in [2.24, 2.45) is 0 Å². The summed E-state index contributed by atoms with van der Waals surface area (Å²) in [7, 11) is 0. The Balaban J connectivity index is 1.80. The summed E-state index contributed by atoms with van der Waals surface area (Å²) in [6.45, 7) is 5.19. The number of pyridine rings is 1. The molecular weight excluding hydrogens is 318 g/mol. The summed E-state index contributed by atoms with van der Waals surface area (Å²) in [6, 6.07) is 11.1. The minimum Gasteiger partial charge on any atom is -0.344 e. The summed E-state index contributed by atoms with van der Waals surface area (Å²) in [5.41, 5.74) is 0.621. The average molecular weight is 337 g/mol. The first-order valence-electron chi connectivity index (χ1n) is 8.03. The molecule has 0 bridgehead atoms. The fraction of sp³-hybridized carbons (Fsp3) is 0.263. The maximum atomic E-state index is 12.7. The van der Waals surface area contributed by atoms with Crippen molar-refractivity contribution in [1.29, 1.82) is 0 Å². The fourth-order valence-electron chi connectivity index (χ4n) is 2.89. The molecular formula is C19H19N3O3. The van der Waals surface area contributed by atoms with E-state index in [1.54, 1.807) is 43.5 Å². The van der Waals surface area contributed by atoms with Gasteiger partial charge in [-0.2, -0.15) is 0 Å². The van der Waals surface area contributed by atoms with E-state index >= 15 is 0 Å². The summed E-state index contributed by atoms with van der Waals surface area (Å²) in [6.07, 6.45) is 1.65. The molecule has 2 heterocycles. The van der Waals surface area contributed by atoms with Gasteiger partial charge < -0.3 is 5.32 Å². The summed E-state index contributed by atoms with van der Waals surface area (Å²) in [5.74, 6) is -1.30. The SMILES string of the molecule is C[C@@H](C(=O)NC(C)(C)c1ccccn1)N1C(=O)c2ccccc2C1=O. The molecule has 0 fully saturated rings. The molecule has 128 valence electrons. The second-order valence-electron chi connectivity index (χ2n) is 6.53. The number of aromatic nitrogens is 1. The summed E-state index contributed by atoms with van der Waals surface area (Å²) < 4.78 is 0. The molecule has 1 aromatic heterocycles. The van der Waals surface area contributed by atoms with Crippen molar-refractivity contribution in [3.8, 4) is 0 Å². The van der Waals surface area contributed by atoms with Gasteiger partial charge >= 0.3 is 0 Å². The Hall–Kier alpha value is -3.02. The number of imide groups is 1. The van der Waals surface area contributed by atoms with E-state index in [2.05, 4.69) is 10.3 Å². The van der Waals surface area contributed by atoms with Crippen molar-refractivity contribution in [1.82, 2.24) is 15.2 Å². The number of benzene rings is 1. The highest BCUT2D eigenvalue weighted by Gasteiger charge is 2.41. The number of amides is 3. The van der Waals surface area contributed by atoms with Gasteiger partial charge in [-0.15, -0.1) is 0 Å². The van der Waals surface area contributed by atoms with E-state index in [1.807, 2.05) is 26.0 Å². The number of nitrogens with one attached hydrogen (secondary N) is 1. The Bertz CT molecular complexity index is 811. The molecule has 0 unspecified atom stereocenters. The number of carbonyl (C=O) groups excluding carboxylic acids is 3. The topological polar surface area (TPSA) is 79.4 Å². The van der Waals surface area contributed by atoms with Crippen molar-refractivity contribution in [3.63, 3.8) is 0 Å². The average Bonchev–Trinajstić information content (AvgIpc) is 2.86. The monoisotopic (exact) mass is 337 g/mol. The second kappa shape index (κ2) is 6.12. The standard InChI is InChI=1S/C19H19N3O3/c1-12(16(23)21-19(2,3)15-10-6-7-11-20-15)22-17(24)13-8-4-5-9-14(13)18(22)25/h4-12H,1-3H3,(H,21,23)/t12-/m0/s1. The summed E-state index contributed by atoms with van der Waals surface area (Å²) >= 11 is 0. The van der Waals surface area contributed by atoms with Gasteiger partial charge in [-0.3, -0.25) is 24.3 Å². The molecule has 1 aromatic carbocycles.